The van der Waals surface area contributed by atoms with Crippen LogP contribution in [0.5, 0.6) is 0 Å². The lowest BCUT2D eigenvalue weighted by Gasteiger charge is -2.14. The summed E-state index contributed by atoms with van der Waals surface area (Å²) in [6.45, 7) is 0. The summed E-state index contributed by atoms with van der Waals surface area (Å²) in [7, 11) is 0. The van der Waals surface area contributed by atoms with Gasteiger partial charge >= 0.3 is 0 Å². The van der Waals surface area contributed by atoms with Crippen molar-refractivity contribution in [3.8, 4) is 16.8 Å². The average molecular weight is 398 g/mol. The van der Waals surface area contributed by atoms with Gasteiger partial charge in [-0.25, -0.2) is 0 Å². The van der Waals surface area contributed by atoms with Gasteiger partial charge in [-0.3, -0.25) is 0 Å². The van der Waals surface area contributed by atoms with Gasteiger partial charge in [0, 0.05) is 20.8 Å². The van der Waals surface area contributed by atoms with Crippen LogP contribution in [0, 0.1) is 0 Å². The molecule has 0 aliphatic carbocycles. The lowest BCUT2D eigenvalue weighted by Crippen LogP contribution is -1.96. The van der Waals surface area contributed by atoms with Crippen molar-refractivity contribution in [2.45, 2.75) is 0 Å². The molecule has 124 valence electrons. The van der Waals surface area contributed by atoms with Gasteiger partial charge in [-0.1, -0.05) is 82.7 Å². The number of halogens is 1. The van der Waals surface area contributed by atoms with Crippen molar-refractivity contribution in [2.24, 2.45) is 0 Å². The molecule has 0 aliphatic rings. The molecule has 0 fully saturated rings. The third kappa shape index (κ3) is 2.38. The fourth-order valence-electron chi connectivity index (χ4n) is 3.74. The SMILES string of the molecule is Brc1ccc2c(c1)c1ccccc1n2-c1ccccc1-c1ccccc1. The van der Waals surface area contributed by atoms with Crippen LogP contribution in [-0.2, 0) is 0 Å². The Bertz CT molecular complexity index is 1240. The van der Waals surface area contributed by atoms with E-state index in [4.69, 9.17) is 0 Å². The van der Waals surface area contributed by atoms with E-state index in [1.54, 1.807) is 0 Å². The summed E-state index contributed by atoms with van der Waals surface area (Å²) in [5.74, 6) is 0. The Morgan fingerprint density at radius 1 is 0.577 bits per heavy atom. The van der Waals surface area contributed by atoms with Crippen molar-refractivity contribution in [1.29, 1.82) is 0 Å². The van der Waals surface area contributed by atoms with Crippen LogP contribution in [0.2, 0.25) is 0 Å². The minimum Gasteiger partial charge on any atom is -0.309 e. The number of hydrogen-bond acceptors (Lipinski definition) is 0. The van der Waals surface area contributed by atoms with Crippen LogP contribution in [0.3, 0.4) is 0 Å². The van der Waals surface area contributed by atoms with Gasteiger partial charge in [0.05, 0.1) is 16.7 Å². The summed E-state index contributed by atoms with van der Waals surface area (Å²) in [6.07, 6.45) is 0. The molecule has 26 heavy (non-hydrogen) atoms. The summed E-state index contributed by atoms with van der Waals surface area (Å²) in [6, 6.07) is 34.3. The van der Waals surface area contributed by atoms with E-state index >= 15 is 0 Å². The van der Waals surface area contributed by atoms with Gasteiger partial charge in [-0.05, 0) is 35.9 Å². The van der Waals surface area contributed by atoms with Gasteiger partial charge in [-0.15, -0.1) is 0 Å². The van der Waals surface area contributed by atoms with Crippen LogP contribution in [0.15, 0.2) is 102 Å². The predicted octanol–water partition coefficient (Wildman–Crippen LogP) is 7.21. The van der Waals surface area contributed by atoms with Gasteiger partial charge < -0.3 is 4.57 Å². The lowest BCUT2D eigenvalue weighted by atomic mass is 10.0. The highest BCUT2D eigenvalue weighted by atomic mass is 79.9. The van der Waals surface area contributed by atoms with Crippen LogP contribution < -0.4 is 0 Å². The second-order valence-electron chi connectivity index (χ2n) is 6.40. The highest BCUT2D eigenvalue weighted by Gasteiger charge is 2.15. The topological polar surface area (TPSA) is 4.93 Å². The van der Waals surface area contributed by atoms with E-state index < -0.39 is 0 Å². The molecule has 1 nitrogen and oxygen atoms in total. The highest BCUT2D eigenvalue weighted by Crippen LogP contribution is 2.36. The zero-order chi connectivity index (χ0) is 17.5. The Hall–Kier alpha value is -2.84. The average Bonchev–Trinajstić information content (AvgIpc) is 3.02. The second kappa shape index (κ2) is 6.15. The van der Waals surface area contributed by atoms with Crippen LogP contribution in [-0.4, -0.2) is 4.57 Å². The van der Waals surface area contributed by atoms with Crippen molar-refractivity contribution in [3.63, 3.8) is 0 Å². The number of hydrogen-bond donors (Lipinski definition) is 0. The first-order valence-electron chi connectivity index (χ1n) is 8.66. The first kappa shape index (κ1) is 15.4. The van der Waals surface area contributed by atoms with Crippen molar-refractivity contribution >= 4 is 37.7 Å². The number of nitrogens with zero attached hydrogens (tertiary/aromatic N) is 1. The van der Waals surface area contributed by atoms with Gasteiger partial charge in [0.1, 0.15) is 0 Å². The van der Waals surface area contributed by atoms with Crippen LogP contribution in [0.1, 0.15) is 0 Å². The molecule has 5 aromatic rings. The van der Waals surface area contributed by atoms with Crippen molar-refractivity contribution in [1.82, 2.24) is 4.57 Å². The second-order valence-corrected chi connectivity index (χ2v) is 7.31. The normalized spacial score (nSPS) is 11.3. The number of aromatic nitrogens is 1. The maximum atomic E-state index is 3.63. The van der Waals surface area contributed by atoms with Crippen LogP contribution in [0.4, 0.5) is 0 Å². The fourth-order valence-corrected chi connectivity index (χ4v) is 4.10. The Kier molecular flexibility index (Phi) is 3.65. The minimum absolute atomic E-state index is 1.10. The number of para-hydroxylation sites is 2. The quantitative estimate of drug-likeness (QED) is 0.296. The maximum Gasteiger partial charge on any atom is 0.0542 e. The predicted molar refractivity (Wildman–Crippen MR) is 114 cm³/mol. The standard InChI is InChI=1S/C24H16BrN/c25-18-14-15-24-21(16-18)20-11-5-7-13-23(20)26(24)22-12-6-4-10-19(22)17-8-2-1-3-9-17/h1-16H. The zero-order valence-corrected chi connectivity index (χ0v) is 15.6. The Morgan fingerprint density at radius 2 is 1.27 bits per heavy atom. The molecule has 0 aliphatic heterocycles. The molecule has 0 saturated carbocycles. The van der Waals surface area contributed by atoms with E-state index in [2.05, 4.69) is 118 Å². The van der Waals surface area contributed by atoms with Crippen LogP contribution >= 0.6 is 15.9 Å². The number of benzene rings is 4. The molecular weight excluding hydrogens is 382 g/mol. The molecule has 4 aromatic carbocycles. The molecule has 1 heterocycles. The third-order valence-electron chi connectivity index (χ3n) is 4.86. The smallest absolute Gasteiger partial charge is 0.0542 e. The van der Waals surface area contributed by atoms with Gasteiger partial charge in [0.2, 0.25) is 0 Å². The van der Waals surface area contributed by atoms with E-state index in [1.165, 1.54) is 38.6 Å². The first-order chi connectivity index (χ1) is 12.8. The summed E-state index contributed by atoms with van der Waals surface area (Å²) in [4.78, 5) is 0. The number of rotatable bonds is 2. The van der Waals surface area contributed by atoms with Crippen molar-refractivity contribution < 1.29 is 0 Å². The molecule has 0 spiro atoms. The van der Waals surface area contributed by atoms with Crippen LogP contribution in [0.25, 0.3) is 38.6 Å². The Morgan fingerprint density at radius 3 is 2.15 bits per heavy atom. The molecule has 0 unspecified atom stereocenters. The summed E-state index contributed by atoms with van der Waals surface area (Å²) in [5, 5.41) is 2.53. The molecule has 0 atom stereocenters. The lowest BCUT2D eigenvalue weighted by molar-refractivity contribution is 1.18. The highest BCUT2D eigenvalue weighted by molar-refractivity contribution is 9.10. The van der Waals surface area contributed by atoms with Gasteiger partial charge in [-0.2, -0.15) is 0 Å². The van der Waals surface area contributed by atoms with Crippen molar-refractivity contribution in [2.75, 3.05) is 0 Å². The summed E-state index contributed by atoms with van der Waals surface area (Å²) in [5.41, 5.74) is 6.11. The molecular formula is C24H16BrN. The molecule has 0 radical (unpaired) electrons. The zero-order valence-electron chi connectivity index (χ0n) is 14.1. The van der Waals surface area contributed by atoms with E-state index in [-0.39, 0.29) is 0 Å². The van der Waals surface area contributed by atoms with Crippen molar-refractivity contribution in [3.05, 3.63) is 102 Å². The molecule has 0 amide bonds. The fraction of sp³-hybridized carbons (Fsp3) is 0. The molecule has 5 rings (SSSR count). The van der Waals surface area contributed by atoms with Gasteiger partial charge in [0.15, 0.2) is 0 Å². The summed E-state index contributed by atoms with van der Waals surface area (Å²) >= 11 is 3.63. The molecule has 0 bridgehead atoms. The molecule has 1 aromatic heterocycles. The van der Waals surface area contributed by atoms with E-state index in [1.807, 2.05) is 0 Å². The molecule has 0 saturated heterocycles. The number of fused-ring (bicyclic) bond motifs is 3. The van der Waals surface area contributed by atoms with E-state index in [0.29, 0.717) is 0 Å². The maximum absolute atomic E-state index is 3.63. The monoisotopic (exact) mass is 397 g/mol. The van der Waals surface area contributed by atoms with E-state index in [0.717, 1.165) is 4.47 Å². The van der Waals surface area contributed by atoms with Gasteiger partial charge in [0.25, 0.3) is 0 Å². The van der Waals surface area contributed by atoms with E-state index in [9.17, 15) is 0 Å². The Labute approximate surface area is 160 Å². The molecule has 2 heteroatoms. The minimum atomic E-state index is 1.10. The largest absolute Gasteiger partial charge is 0.309 e. The molecule has 0 N–H and O–H groups in total. The first-order valence-corrected chi connectivity index (χ1v) is 9.46. The third-order valence-corrected chi connectivity index (χ3v) is 5.36. The Balaban J connectivity index is 1.92. The summed E-state index contributed by atoms with van der Waals surface area (Å²) < 4.78 is 3.48.